The van der Waals surface area contributed by atoms with Gasteiger partial charge in [-0.25, -0.2) is 4.79 Å². The molecule has 0 aliphatic rings. The van der Waals surface area contributed by atoms with Gasteiger partial charge < -0.3 is 25.4 Å². The smallest absolute Gasteiger partial charge is 0.328 e. The molecule has 0 bridgehead atoms. The number of ether oxygens (including phenoxy) is 1. The quantitative estimate of drug-likeness (QED) is 0.563. The third kappa shape index (κ3) is 7.63. The summed E-state index contributed by atoms with van der Waals surface area (Å²) in [5.41, 5.74) is 5.63. The zero-order valence-electron chi connectivity index (χ0n) is 12.1. The maximum Gasteiger partial charge on any atom is 0.328 e. The van der Waals surface area contributed by atoms with E-state index in [1.54, 1.807) is 0 Å². The summed E-state index contributed by atoms with van der Waals surface area (Å²) in [5.74, 6) is -1.31. The van der Waals surface area contributed by atoms with Crippen LogP contribution in [0.1, 0.15) is 39.5 Å². The van der Waals surface area contributed by atoms with Crippen molar-refractivity contribution in [3.8, 4) is 0 Å². The van der Waals surface area contributed by atoms with E-state index in [-0.39, 0.29) is 37.2 Å². The van der Waals surface area contributed by atoms with Crippen LogP contribution in [0, 0.1) is 0 Å². The van der Waals surface area contributed by atoms with Crippen molar-refractivity contribution in [2.24, 2.45) is 5.73 Å². The maximum atomic E-state index is 11.8. The second-order valence-electron chi connectivity index (χ2n) is 4.67. The number of amides is 1. The summed E-state index contributed by atoms with van der Waals surface area (Å²) in [6, 6.07) is -1.77. The Balaban J connectivity index is 4.47. The Kier molecular flexibility index (Phi) is 8.38. The van der Waals surface area contributed by atoms with Crippen molar-refractivity contribution in [2.45, 2.75) is 51.6 Å². The van der Waals surface area contributed by atoms with Crippen LogP contribution in [0.2, 0.25) is 0 Å². The van der Waals surface area contributed by atoms with Crippen LogP contribution in [0.3, 0.4) is 0 Å². The molecule has 7 heteroatoms. The summed E-state index contributed by atoms with van der Waals surface area (Å²) >= 11 is 0. The Morgan fingerprint density at radius 1 is 1.05 bits per heavy atom. The van der Waals surface area contributed by atoms with Gasteiger partial charge in [0, 0.05) is 12.8 Å². The van der Waals surface area contributed by atoms with E-state index in [2.05, 4.69) is 10.1 Å². The molecule has 0 heterocycles. The number of hydrogen-bond acceptors (Lipinski definition) is 6. The molecule has 0 saturated carbocycles. The van der Waals surface area contributed by atoms with Crippen LogP contribution in [0.5, 0.6) is 0 Å². The second kappa shape index (κ2) is 9.19. The minimum Gasteiger partial charge on any atom is -0.467 e. The Hall–Kier alpha value is -1.76. The van der Waals surface area contributed by atoms with Gasteiger partial charge in [0.2, 0.25) is 5.91 Å². The second-order valence-corrected chi connectivity index (χ2v) is 4.67. The average molecular weight is 286 g/mol. The number of carbonyl (C=O) groups is 4. The van der Waals surface area contributed by atoms with E-state index in [0.717, 1.165) is 0 Å². The van der Waals surface area contributed by atoms with Crippen LogP contribution in [-0.4, -0.2) is 42.6 Å². The highest BCUT2D eigenvalue weighted by Crippen LogP contribution is 2.03. The molecular weight excluding hydrogens is 264 g/mol. The molecule has 0 aromatic carbocycles. The summed E-state index contributed by atoms with van der Waals surface area (Å²) in [7, 11) is 1.20. The standard InChI is InChI=1S/C13H22N2O5/c1-8(16)4-6-10(14)12(18)15-11(13(19)20-3)7-5-9(2)17/h10-11H,4-7,14H2,1-3H3,(H,15,18)/t10-,11-/m1/s1. The van der Waals surface area contributed by atoms with Crippen LogP contribution in [-0.2, 0) is 23.9 Å². The van der Waals surface area contributed by atoms with Gasteiger partial charge in [0.1, 0.15) is 17.6 Å². The predicted octanol–water partition coefficient (Wildman–Crippen LogP) is -0.290. The summed E-state index contributed by atoms with van der Waals surface area (Å²) < 4.78 is 4.56. The van der Waals surface area contributed by atoms with Crippen molar-refractivity contribution < 1.29 is 23.9 Å². The Morgan fingerprint density at radius 3 is 2.00 bits per heavy atom. The van der Waals surface area contributed by atoms with Crippen molar-refractivity contribution in [3.63, 3.8) is 0 Å². The number of esters is 1. The molecule has 0 rings (SSSR count). The number of methoxy groups -OCH3 is 1. The number of nitrogens with two attached hydrogens (primary N) is 1. The zero-order chi connectivity index (χ0) is 15.7. The van der Waals surface area contributed by atoms with E-state index in [0.29, 0.717) is 0 Å². The Morgan fingerprint density at radius 2 is 1.55 bits per heavy atom. The number of hydrogen-bond donors (Lipinski definition) is 2. The minimum absolute atomic E-state index is 0.0608. The number of nitrogens with one attached hydrogen (secondary N) is 1. The summed E-state index contributed by atoms with van der Waals surface area (Å²) in [6.45, 7) is 2.81. The molecule has 20 heavy (non-hydrogen) atoms. The highest BCUT2D eigenvalue weighted by atomic mass is 16.5. The van der Waals surface area contributed by atoms with E-state index >= 15 is 0 Å². The Labute approximate surface area is 118 Å². The number of ketones is 2. The van der Waals surface area contributed by atoms with Crippen LogP contribution in [0.15, 0.2) is 0 Å². The number of carbonyl (C=O) groups excluding carboxylic acids is 4. The fourth-order valence-electron chi connectivity index (χ4n) is 1.51. The van der Waals surface area contributed by atoms with E-state index in [1.807, 2.05) is 0 Å². The van der Waals surface area contributed by atoms with Gasteiger partial charge in [0.05, 0.1) is 13.2 Å². The molecule has 3 N–H and O–H groups in total. The fourth-order valence-corrected chi connectivity index (χ4v) is 1.51. The van der Waals surface area contributed by atoms with Crippen molar-refractivity contribution in [3.05, 3.63) is 0 Å². The minimum atomic E-state index is -0.903. The lowest BCUT2D eigenvalue weighted by Crippen LogP contribution is -2.49. The van der Waals surface area contributed by atoms with Gasteiger partial charge in [-0.3, -0.25) is 4.79 Å². The van der Waals surface area contributed by atoms with Crippen LogP contribution < -0.4 is 11.1 Å². The summed E-state index contributed by atoms with van der Waals surface area (Å²) in [4.78, 5) is 45.1. The zero-order valence-corrected chi connectivity index (χ0v) is 12.1. The van der Waals surface area contributed by atoms with E-state index in [1.165, 1.54) is 21.0 Å². The Bertz CT molecular complexity index is 381. The molecule has 0 unspecified atom stereocenters. The van der Waals surface area contributed by atoms with Crippen molar-refractivity contribution >= 4 is 23.4 Å². The largest absolute Gasteiger partial charge is 0.467 e. The molecule has 0 aromatic rings. The first-order valence-electron chi connectivity index (χ1n) is 6.40. The lowest BCUT2D eigenvalue weighted by Gasteiger charge is -2.18. The fraction of sp³-hybridized carbons (Fsp3) is 0.692. The first kappa shape index (κ1) is 18.2. The van der Waals surface area contributed by atoms with E-state index in [9.17, 15) is 19.2 Å². The molecule has 0 saturated heterocycles. The first-order chi connectivity index (χ1) is 9.27. The van der Waals surface area contributed by atoms with Gasteiger partial charge in [-0.15, -0.1) is 0 Å². The van der Waals surface area contributed by atoms with Gasteiger partial charge in [-0.1, -0.05) is 0 Å². The van der Waals surface area contributed by atoms with E-state index in [4.69, 9.17) is 5.73 Å². The molecule has 7 nitrogen and oxygen atoms in total. The van der Waals surface area contributed by atoms with Crippen molar-refractivity contribution in [1.29, 1.82) is 0 Å². The van der Waals surface area contributed by atoms with Gasteiger partial charge in [0.15, 0.2) is 0 Å². The monoisotopic (exact) mass is 286 g/mol. The molecule has 114 valence electrons. The third-order valence-electron chi connectivity index (χ3n) is 2.73. The lowest BCUT2D eigenvalue weighted by molar-refractivity contribution is -0.145. The maximum absolute atomic E-state index is 11.8. The molecule has 0 aromatic heterocycles. The number of Topliss-reactive ketones (excluding diaryl/α,β-unsaturated/α-hetero) is 2. The van der Waals surface area contributed by atoms with E-state index < -0.39 is 24.0 Å². The third-order valence-corrected chi connectivity index (χ3v) is 2.73. The average Bonchev–Trinajstić information content (AvgIpc) is 2.39. The summed E-state index contributed by atoms with van der Waals surface area (Å²) in [6.07, 6.45) is 0.725. The molecule has 2 atom stereocenters. The molecule has 0 aliphatic carbocycles. The SMILES string of the molecule is COC(=O)[C@@H](CCC(C)=O)NC(=O)[C@H](N)CCC(C)=O. The van der Waals surface area contributed by atoms with Gasteiger partial charge in [-0.05, 0) is 26.7 Å². The van der Waals surface area contributed by atoms with Gasteiger partial charge in [0.25, 0.3) is 0 Å². The van der Waals surface area contributed by atoms with Crippen molar-refractivity contribution in [2.75, 3.05) is 7.11 Å². The molecule has 1 amide bonds. The summed E-state index contributed by atoms with van der Waals surface area (Å²) in [5, 5.41) is 2.44. The van der Waals surface area contributed by atoms with Gasteiger partial charge >= 0.3 is 5.97 Å². The van der Waals surface area contributed by atoms with Crippen LogP contribution >= 0.6 is 0 Å². The van der Waals surface area contributed by atoms with Crippen molar-refractivity contribution in [1.82, 2.24) is 5.32 Å². The van der Waals surface area contributed by atoms with Gasteiger partial charge in [-0.2, -0.15) is 0 Å². The highest BCUT2D eigenvalue weighted by Gasteiger charge is 2.24. The van der Waals surface area contributed by atoms with Crippen LogP contribution in [0.4, 0.5) is 0 Å². The highest BCUT2D eigenvalue weighted by molar-refractivity contribution is 5.88. The molecule has 0 fully saturated rings. The molecule has 0 radical (unpaired) electrons. The molecular formula is C13H22N2O5. The van der Waals surface area contributed by atoms with Crippen LogP contribution in [0.25, 0.3) is 0 Å². The lowest BCUT2D eigenvalue weighted by atomic mass is 10.1. The predicted molar refractivity (Wildman–Crippen MR) is 71.8 cm³/mol. The molecule has 0 spiro atoms. The molecule has 0 aliphatic heterocycles. The number of rotatable bonds is 9. The topological polar surface area (TPSA) is 116 Å². The first-order valence-corrected chi connectivity index (χ1v) is 6.40. The normalized spacial score (nSPS) is 13.2.